The van der Waals surface area contributed by atoms with E-state index in [1.54, 1.807) is 12.1 Å². The number of fused-ring (bicyclic) bond motifs is 1. The third-order valence-electron chi connectivity index (χ3n) is 5.52. The van der Waals surface area contributed by atoms with Crippen LogP contribution in [0.1, 0.15) is 42.7 Å². The number of piperidine rings is 1. The van der Waals surface area contributed by atoms with Crippen LogP contribution in [0, 0.1) is 6.92 Å². The fourth-order valence-corrected chi connectivity index (χ4v) is 3.98. The largest absolute Gasteiger partial charge is 0.495 e. The summed E-state index contributed by atoms with van der Waals surface area (Å²) < 4.78 is 5.31. The second kappa shape index (κ2) is 8.17. The summed E-state index contributed by atoms with van der Waals surface area (Å²) in [6.45, 7) is 3.49. The van der Waals surface area contributed by atoms with E-state index in [1.807, 2.05) is 17.9 Å². The smallest absolute Gasteiger partial charge is 0.258 e. The molecule has 2 aromatic rings. The standard InChI is InChI=1S/C21H25N5O4/c1-12-6-7-15(30-2)14(10-12)22-19(28)13-11-16(27)23-18-17(13)20(29)25-21(24-18)26-8-4-3-5-9-26/h6-7,10,13H,3-5,8-9,11H2,1-2H3,(H,22,28)(H2,23,24,25,27,29). The molecule has 2 aliphatic heterocycles. The second-order valence-electron chi connectivity index (χ2n) is 7.70. The molecule has 3 N–H and O–H groups in total. The number of anilines is 3. The van der Waals surface area contributed by atoms with E-state index in [4.69, 9.17) is 4.74 Å². The Morgan fingerprint density at radius 2 is 2.00 bits per heavy atom. The number of carbonyl (C=O) groups excluding carboxylic acids is 2. The first-order chi connectivity index (χ1) is 14.5. The Hall–Kier alpha value is -3.36. The number of benzene rings is 1. The van der Waals surface area contributed by atoms with Crippen LogP contribution in [0.25, 0.3) is 0 Å². The van der Waals surface area contributed by atoms with E-state index in [0.717, 1.165) is 37.9 Å². The molecule has 1 fully saturated rings. The van der Waals surface area contributed by atoms with Crippen LogP contribution in [-0.2, 0) is 9.59 Å². The van der Waals surface area contributed by atoms with Crippen LogP contribution in [0.15, 0.2) is 23.0 Å². The Labute approximate surface area is 173 Å². The molecule has 158 valence electrons. The number of nitrogens with zero attached hydrogens (tertiary/aromatic N) is 2. The molecular formula is C21H25N5O4. The number of rotatable bonds is 4. The van der Waals surface area contributed by atoms with Crippen LogP contribution >= 0.6 is 0 Å². The molecule has 1 atom stereocenters. The number of aryl methyl sites for hydroxylation is 1. The van der Waals surface area contributed by atoms with E-state index in [2.05, 4.69) is 20.6 Å². The normalized spacial score (nSPS) is 18.4. The number of hydrogen-bond acceptors (Lipinski definition) is 6. The van der Waals surface area contributed by atoms with Crippen LogP contribution in [0.5, 0.6) is 5.75 Å². The summed E-state index contributed by atoms with van der Waals surface area (Å²) in [6, 6.07) is 5.41. The van der Waals surface area contributed by atoms with Crippen molar-refractivity contribution in [3.63, 3.8) is 0 Å². The van der Waals surface area contributed by atoms with Crippen LogP contribution in [0.4, 0.5) is 17.5 Å². The second-order valence-corrected chi connectivity index (χ2v) is 7.70. The molecule has 0 bridgehead atoms. The predicted molar refractivity (Wildman–Crippen MR) is 113 cm³/mol. The van der Waals surface area contributed by atoms with Crippen LogP contribution in [-0.4, -0.2) is 42.0 Å². The van der Waals surface area contributed by atoms with Gasteiger partial charge in [0, 0.05) is 19.5 Å². The summed E-state index contributed by atoms with van der Waals surface area (Å²) in [6.07, 6.45) is 3.07. The van der Waals surface area contributed by atoms with Gasteiger partial charge in [-0.25, -0.2) is 0 Å². The Morgan fingerprint density at radius 3 is 2.73 bits per heavy atom. The van der Waals surface area contributed by atoms with E-state index in [-0.39, 0.29) is 23.7 Å². The van der Waals surface area contributed by atoms with Crippen molar-refractivity contribution in [1.82, 2.24) is 9.97 Å². The number of hydrogen-bond donors (Lipinski definition) is 3. The van der Waals surface area contributed by atoms with Crippen LogP contribution < -0.4 is 25.8 Å². The van der Waals surface area contributed by atoms with Gasteiger partial charge in [-0.05, 0) is 43.9 Å². The summed E-state index contributed by atoms with van der Waals surface area (Å²) in [4.78, 5) is 47.5. The third-order valence-corrected chi connectivity index (χ3v) is 5.52. The van der Waals surface area contributed by atoms with Crippen molar-refractivity contribution in [2.24, 2.45) is 0 Å². The van der Waals surface area contributed by atoms with Crippen LogP contribution in [0.3, 0.4) is 0 Å². The molecule has 1 unspecified atom stereocenters. The minimum atomic E-state index is -0.939. The molecular weight excluding hydrogens is 386 g/mol. The zero-order valence-corrected chi connectivity index (χ0v) is 17.1. The number of amides is 2. The number of carbonyl (C=O) groups is 2. The van der Waals surface area contributed by atoms with Crippen LogP contribution in [0.2, 0.25) is 0 Å². The number of H-pyrrole nitrogens is 1. The average molecular weight is 411 g/mol. The maximum absolute atomic E-state index is 13.1. The van der Waals surface area contributed by atoms with Crippen molar-refractivity contribution < 1.29 is 14.3 Å². The van der Waals surface area contributed by atoms with Gasteiger partial charge >= 0.3 is 0 Å². The molecule has 2 aliphatic rings. The van der Waals surface area contributed by atoms with Crippen molar-refractivity contribution in [2.75, 3.05) is 35.7 Å². The Morgan fingerprint density at radius 1 is 1.23 bits per heavy atom. The van der Waals surface area contributed by atoms with Gasteiger partial charge in [0.05, 0.1) is 24.3 Å². The molecule has 0 radical (unpaired) electrons. The zero-order valence-electron chi connectivity index (χ0n) is 17.1. The van der Waals surface area contributed by atoms with Gasteiger partial charge in [0.2, 0.25) is 17.8 Å². The topological polar surface area (TPSA) is 116 Å². The van der Waals surface area contributed by atoms with Crippen molar-refractivity contribution in [3.05, 3.63) is 39.7 Å². The van der Waals surface area contributed by atoms with Gasteiger partial charge in [-0.15, -0.1) is 0 Å². The van der Waals surface area contributed by atoms with Crippen molar-refractivity contribution >= 4 is 29.3 Å². The van der Waals surface area contributed by atoms with Crippen molar-refractivity contribution in [3.8, 4) is 5.75 Å². The van der Waals surface area contributed by atoms with E-state index >= 15 is 0 Å². The number of aromatic nitrogens is 2. The molecule has 0 saturated carbocycles. The minimum absolute atomic E-state index is 0.124. The molecule has 30 heavy (non-hydrogen) atoms. The van der Waals surface area contributed by atoms with Gasteiger partial charge in [0.25, 0.3) is 5.56 Å². The van der Waals surface area contributed by atoms with Gasteiger partial charge in [0.15, 0.2) is 0 Å². The van der Waals surface area contributed by atoms with Crippen molar-refractivity contribution in [2.45, 2.75) is 38.5 Å². The predicted octanol–water partition coefficient (Wildman–Crippen LogP) is 2.14. The van der Waals surface area contributed by atoms with Gasteiger partial charge in [-0.2, -0.15) is 4.98 Å². The highest BCUT2D eigenvalue weighted by Gasteiger charge is 2.35. The summed E-state index contributed by atoms with van der Waals surface area (Å²) in [5, 5.41) is 5.46. The lowest BCUT2D eigenvalue weighted by molar-refractivity contribution is -0.123. The highest BCUT2D eigenvalue weighted by molar-refractivity contribution is 6.05. The Kier molecular flexibility index (Phi) is 5.43. The zero-order chi connectivity index (χ0) is 21.3. The Bertz CT molecular complexity index is 1040. The highest BCUT2D eigenvalue weighted by Crippen LogP contribution is 2.32. The first-order valence-electron chi connectivity index (χ1n) is 10.1. The van der Waals surface area contributed by atoms with Gasteiger partial charge < -0.3 is 20.3 Å². The maximum Gasteiger partial charge on any atom is 0.258 e. The molecule has 9 heteroatoms. The SMILES string of the molecule is COc1ccc(C)cc1NC(=O)C1CC(=O)Nc2nc(N3CCCCC3)[nH]c(=O)c21. The summed E-state index contributed by atoms with van der Waals surface area (Å²) >= 11 is 0. The van der Waals surface area contributed by atoms with E-state index in [9.17, 15) is 14.4 Å². The molecule has 1 aromatic carbocycles. The molecule has 0 aliphatic carbocycles. The minimum Gasteiger partial charge on any atom is -0.495 e. The number of aromatic amines is 1. The number of ether oxygens (including phenoxy) is 1. The molecule has 1 saturated heterocycles. The molecule has 2 amide bonds. The van der Waals surface area contributed by atoms with Gasteiger partial charge in [-0.3, -0.25) is 19.4 Å². The Balaban J connectivity index is 1.66. The summed E-state index contributed by atoms with van der Waals surface area (Å²) in [7, 11) is 1.51. The lowest BCUT2D eigenvalue weighted by Crippen LogP contribution is -2.38. The van der Waals surface area contributed by atoms with E-state index in [0.29, 0.717) is 17.4 Å². The lowest BCUT2D eigenvalue weighted by atomic mass is 9.92. The maximum atomic E-state index is 13.1. The highest BCUT2D eigenvalue weighted by atomic mass is 16.5. The van der Waals surface area contributed by atoms with Gasteiger partial charge in [-0.1, -0.05) is 6.07 Å². The monoisotopic (exact) mass is 411 g/mol. The molecule has 9 nitrogen and oxygen atoms in total. The van der Waals surface area contributed by atoms with Gasteiger partial charge in [0.1, 0.15) is 11.6 Å². The molecule has 1 aromatic heterocycles. The molecule has 3 heterocycles. The first kappa shape index (κ1) is 19.9. The molecule has 0 spiro atoms. The van der Waals surface area contributed by atoms with E-state index < -0.39 is 17.4 Å². The van der Waals surface area contributed by atoms with Crippen molar-refractivity contribution in [1.29, 1.82) is 0 Å². The number of nitrogens with one attached hydrogen (secondary N) is 3. The average Bonchev–Trinajstić information content (AvgIpc) is 2.73. The fraction of sp³-hybridized carbons (Fsp3) is 0.429. The van der Waals surface area contributed by atoms with E-state index in [1.165, 1.54) is 7.11 Å². The number of methoxy groups -OCH3 is 1. The summed E-state index contributed by atoms with van der Waals surface area (Å²) in [5.41, 5.74) is 1.21. The summed E-state index contributed by atoms with van der Waals surface area (Å²) in [5.74, 6) is -0.644. The first-order valence-corrected chi connectivity index (χ1v) is 10.1. The fourth-order valence-electron chi connectivity index (χ4n) is 3.98. The lowest BCUT2D eigenvalue weighted by Gasteiger charge is -2.29. The quantitative estimate of drug-likeness (QED) is 0.710. The molecule has 4 rings (SSSR count). The third kappa shape index (κ3) is 3.87.